The molecule has 106 valence electrons. The topological polar surface area (TPSA) is 29.3 Å². The van der Waals surface area contributed by atoms with Crippen LogP contribution in [0.1, 0.15) is 24.5 Å². The van der Waals surface area contributed by atoms with Crippen molar-refractivity contribution >= 4 is 17.2 Å². The van der Waals surface area contributed by atoms with Crippen LogP contribution in [0.3, 0.4) is 0 Å². The maximum absolute atomic E-state index is 12.4. The van der Waals surface area contributed by atoms with Crippen molar-refractivity contribution in [3.05, 3.63) is 35.4 Å². The molecule has 0 fully saturated rings. The van der Waals surface area contributed by atoms with Gasteiger partial charge in [0.2, 0.25) is 0 Å². The Kier molecular flexibility index (Phi) is 5.75. The lowest BCUT2D eigenvalue weighted by Crippen LogP contribution is -2.27. The summed E-state index contributed by atoms with van der Waals surface area (Å²) in [5.74, 6) is 0. The summed E-state index contributed by atoms with van der Waals surface area (Å²) in [5, 5.41) is 0. The van der Waals surface area contributed by atoms with Gasteiger partial charge in [0.05, 0.1) is 10.6 Å². The minimum absolute atomic E-state index is 0.450. The molecular formula is C13H17F3N2S. The van der Waals surface area contributed by atoms with Gasteiger partial charge in [-0.1, -0.05) is 31.3 Å². The average molecular weight is 290 g/mol. The number of nitrogens with two attached hydrogens (primary N) is 1. The Labute approximate surface area is 116 Å². The van der Waals surface area contributed by atoms with Crippen molar-refractivity contribution in [2.24, 2.45) is 5.73 Å². The molecule has 6 heteroatoms. The highest BCUT2D eigenvalue weighted by Gasteiger charge is 2.29. The van der Waals surface area contributed by atoms with Crippen LogP contribution in [-0.4, -0.2) is 23.0 Å². The smallest absolute Gasteiger partial charge is 0.393 e. The number of hydrogen-bond acceptors (Lipinski definition) is 2. The lowest BCUT2D eigenvalue weighted by molar-refractivity contribution is -0.137. The molecule has 0 aliphatic rings. The summed E-state index contributed by atoms with van der Waals surface area (Å²) in [6.45, 7) is 4.09. The van der Waals surface area contributed by atoms with Crippen molar-refractivity contribution in [1.82, 2.24) is 4.90 Å². The predicted molar refractivity (Wildman–Crippen MR) is 73.8 cm³/mol. The van der Waals surface area contributed by atoms with Crippen molar-refractivity contribution in [1.29, 1.82) is 0 Å². The van der Waals surface area contributed by atoms with Crippen LogP contribution in [0.2, 0.25) is 0 Å². The predicted octanol–water partition coefficient (Wildman–Crippen LogP) is 3.20. The number of halogens is 3. The molecule has 2 N–H and O–H groups in total. The van der Waals surface area contributed by atoms with Crippen LogP contribution < -0.4 is 5.73 Å². The summed E-state index contributed by atoms with van der Waals surface area (Å²) in [6.07, 6.45) is -3.67. The van der Waals surface area contributed by atoms with Gasteiger partial charge < -0.3 is 5.73 Å². The van der Waals surface area contributed by atoms with Crippen LogP contribution >= 0.6 is 12.2 Å². The summed E-state index contributed by atoms with van der Waals surface area (Å²) < 4.78 is 37.3. The molecule has 0 aliphatic carbocycles. The van der Waals surface area contributed by atoms with Crippen LogP contribution in [0.25, 0.3) is 0 Å². The van der Waals surface area contributed by atoms with Crippen LogP contribution in [-0.2, 0) is 12.7 Å². The van der Waals surface area contributed by atoms with E-state index in [0.717, 1.165) is 24.2 Å². The molecule has 0 amide bonds. The van der Waals surface area contributed by atoms with Crippen molar-refractivity contribution in [3.8, 4) is 0 Å². The molecular weight excluding hydrogens is 273 g/mol. The molecule has 1 aromatic carbocycles. The normalized spacial score (nSPS) is 11.8. The van der Waals surface area contributed by atoms with E-state index in [1.54, 1.807) is 0 Å². The zero-order chi connectivity index (χ0) is 14.5. The van der Waals surface area contributed by atoms with Crippen molar-refractivity contribution in [3.63, 3.8) is 0 Å². The lowest BCUT2D eigenvalue weighted by atomic mass is 10.1. The lowest BCUT2D eigenvalue weighted by Gasteiger charge is -2.20. The quantitative estimate of drug-likeness (QED) is 0.816. The highest BCUT2D eigenvalue weighted by atomic mass is 32.1. The summed E-state index contributed by atoms with van der Waals surface area (Å²) in [7, 11) is 0. The summed E-state index contributed by atoms with van der Waals surface area (Å²) in [6, 6.07) is 5.23. The van der Waals surface area contributed by atoms with Crippen molar-refractivity contribution in [2.45, 2.75) is 26.1 Å². The average Bonchev–Trinajstić information content (AvgIpc) is 2.33. The Balaban J connectivity index is 2.63. The third-order valence-electron chi connectivity index (χ3n) is 2.81. The fourth-order valence-electron chi connectivity index (χ4n) is 1.67. The second kappa shape index (κ2) is 6.86. The first kappa shape index (κ1) is 15.9. The molecule has 0 heterocycles. The third kappa shape index (κ3) is 5.57. The standard InChI is InChI=1S/C13H17F3N2S/c1-2-18(8-7-12(17)19)9-10-3-5-11(6-4-10)13(14,15)16/h3-6H,2,7-9H2,1H3,(H2,17,19). The number of benzene rings is 1. The number of hydrogen-bond donors (Lipinski definition) is 1. The zero-order valence-electron chi connectivity index (χ0n) is 10.7. The second-order valence-electron chi connectivity index (χ2n) is 4.28. The van der Waals surface area contributed by atoms with Gasteiger partial charge in [-0.3, -0.25) is 4.90 Å². The summed E-state index contributed by atoms with van der Waals surface area (Å²) in [5.41, 5.74) is 5.66. The second-order valence-corrected chi connectivity index (χ2v) is 4.80. The van der Waals surface area contributed by atoms with Crippen molar-refractivity contribution < 1.29 is 13.2 Å². The van der Waals surface area contributed by atoms with E-state index in [1.807, 2.05) is 6.92 Å². The molecule has 1 rings (SSSR count). The highest BCUT2D eigenvalue weighted by molar-refractivity contribution is 7.80. The van der Waals surface area contributed by atoms with Gasteiger partial charge in [-0.2, -0.15) is 13.2 Å². The molecule has 0 radical (unpaired) electrons. The largest absolute Gasteiger partial charge is 0.416 e. The molecule has 0 atom stereocenters. The summed E-state index contributed by atoms with van der Waals surface area (Å²) in [4.78, 5) is 2.53. The minimum atomic E-state index is -4.28. The van der Waals surface area contributed by atoms with E-state index >= 15 is 0 Å². The van der Waals surface area contributed by atoms with Crippen LogP contribution in [0.15, 0.2) is 24.3 Å². The molecule has 0 spiro atoms. The van der Waals surface area contributed by atoms with Gasteiger partial charge in [-0.05, 0) is 24.2 Å². The van der Waals surface area contributed by atoms with E-state index in [0.29, 0.717) is 24.5 Å². The Morgan fingerprint density at radius 1 is 1.26 bits per heavy atom. The fraction of sp³-hybridized carbons (Fsp3) is 0.462. The highest BCUT2D eigenvalue weighted by Crippen LogP contribution is 2.29. The molecule has 1 aromatic rings. The first-order valence-electron chi connectivity index (χ1n) is 5.99. The molecule has 2 nitrogen and oxygen atoms in total. The first-order chi connectivity index (χ1) is 8.82. The maximum atomic E-state index is 12.4. The summed E-state index contributed by atoms with van der Waals surface area (Å²) >= 11 is 4.81. The van der Waals surface area contributed by atoms with E-state index in [2.05, 4.69) is 4.90 Å². The fourth-order valence-corrected chi connectivity index (χ4v) is 1.77. The Morgan fingerprint density at radius 2 is 1.84 bits per heavy atom. The van der Waals surface area contributed by atoms with E-state index in [1.165, 1.54) is 12.1 Å². The SMILES string of the molecule is CCN(CCC(N)=S)Cc1ccc(C(F)(F)F)cc1. The van der Waals surface area contributed by atoms with Gasteiger partial charge >= 0.3 is 6.18 Å². The number of rotatable bonds is 6. The van der Waals surface area contributed by atoms with E-state index in [9.17, 15) is 13.2 Å². The molecule has 0 unspecified atom stereocenters. The molecule has 19 heavy (non-hydrogen) atoms. The molecule has 0 aliphatic heterocycles. The van der Waals surface area contributed by atoms with Gasteiger partial charge in [-0.25, -0.2) is 0 Å². The maximum Gasteiger partial charge on any atom is 0.416 e. The third-order valence-corrected chi connectivity index (χ3v) is 3.01. The first-order valence-corrected chi connectivity index (χ1v) is 6.40. The molecule has 0 bridgehead atoms. The number of alkyl halides is 3. The van der Waals surface area contributed by atoms with Gasteiger partial charge in [-0.15, -0.1) is 0 Å². The monoisotopic (exact) mass is 290 g/mol. The van der Waals surface area contributed by atoms with Crippen LogP contribution in [0, 0.1) is 0 Å². The minimum Gasteiger partial charge on any atom is -0.393 e. The molecule has 0 saturated carbocycles. The van der Waals surface area contributed by atoms with Crippen molar-refractivity contribution in [2.75, 3.05) is 13.1 Å². The van der Waals surface area contributed by atoms with Gasteiger partial charge in [0.25, 0.3) is 0 Å². The number of nitrogens with zero attached hydrogens (tertiary/aromatic N) is 1. The van der Waals surface area contributed by atoms with E-state index in [-0.39, 0.29) is 0 Å². The van der Waals surface area contributed by atoms with Crippen LogP contribution in [0.5, 0.6) is 0 Å². The van der Waals surface area contributed by atoms with Crippen LogP contribution in [0.4, 0.5) is 13.2 Å². The Morgan fingerprint density at radius 3 is 2.26 bits per heavy atom. The zero-order valence-corrected chi connectivity index (χ0v) is 11.5. The molecule has 0 aromatic heterocycles. The number of thiocarbonyl (C=S) groups is 1. The Bertz CT molecular complexity index is 415. The van der Waals surface area contributed by atoms with E-state index in [4.69, 9.17) is 18.0 Å². The van der Waals surface area contributed by atoms with Gasteiger partial charge in [0.15, 0.2) is 0 Å². The van der Waals surface area contributed by atoms with Gasteiger partial charge in [0, 0.05) is 19.5 Å². The van der Waals surface area contributed by atoms with E-state index < -0.39 is 11.7 Å². The molecule has 0 saturated heterocycles. The van der Waals surface area contributed by atoms with Gasteiger partial charge in [0.1, 0.15) is 0 Å². The Hall–Kier alpha value is -1.14.